The van der Waals surface area contributed by atoms with Crippen LogP contribution in [0.15, 0.2) is 6.20 Å². The maximum Gasteiger partial charge on any atom is 0.500 e. The number of aryl methyl sites for hydroxylation is 2. The molecule has 0 aromatic carbocycles. The highest BCUT2D eigenvalue weighted by Crippen LogP contribution is 2.14. The van der Waals surface area contributed by atoms with Crippen molar-refractivity contribution in [3.63, 3.8) is 0 Å². The molecule has 0 amide bonds. The van der Waals surface area contributed by atoms with Crippen molar-refractivity contribution in [1.29, 1.82) is 0 Å². The van der Waals surface area contributed by atoms with Gasteiger partial charge in [-0.2, -0.15) is 4.57 Å². The minimum absolute atomic E-state index is 0.636. The van der Waals surface area contributed by atoms with Crippen LogP contribution in [0.3, 0.4) is 0 Å². The molecule has 0 unspecified atom stereocenters. The molecule has 0 spiro atoms. The Hall–Kier alpha value is -1.32. The molecule has 0 aliphatic carbocycles. The van der Waals surface area contributed by atoms with Gasteiger partial charge in [0.25, 0.3) is 5.82 Å². The number of nitrogens with zero attached hydrogens (tertiary/aromatic N) is 3. The van der Waals surface area contributed by atoms with Crippen LogP contribution >= 0.6 is 0 Å². The zero-order valence-electron chi connectivity index (χ0n) is 9.53. The van der Waals surface area contributed by atoms with Crippen LogP contribution < -0.4 is 14.2 Å². The average Bonchev–Trinajstić information content (AvgIpc) is 2.09. The van der Waals surface area contributed by atoms with E-state index in [1.54, 1.807) is 0 Å². The van der Waals surface area contributed by atoms with Crippen LogP contribution in [0.1, 0.15) is 12.5 Å². The van der Waals surface area contributed by atoms with Crippen LogP contribution in [-0.4, -0.2) is 25.7 Å². The first-order chi connectivity index (χ1) is 6.56. The maximum absolute atomic E-state index is 5.41. The molecule has 0 radical (unpaired) electrons. The molecule has 78 valence electrons. The van der Waals surface area contributed by atoms with Gasteiger partial charge in [-0.05, 0) is 13.8 Å². The minimum atomic E-state index is 0.636. The molecule has 0 bridgehead atoms. The molecule has 1 aromatic rings. The van der Waals surface area contributed by atoms with E-state index in [0.29, 0.717) is 12.6 Å². The quantitative estimate of drug-likeness (QED) is 0.666. The van der Waals surface area contributed by atoms with Gasteiger partial charge in [0, 0.05) is 19.1 Å². The Morgan fingerprint density at radius 3 is 2.64 bits per heavy atom. The minimum Gasteiger partial charge on any atom is -0.428 e. The van der Waals surface area contributed by atoms with E-state index in [1.165, 1.54) is 0 Å². The summed E-state index contributed by atoms with van der Waals surface area (Å²) in [6, 6.07) is 0.654. The topological polar surface area (TPSA) is 29.2 Å². The summed E-state index contributed by atoms with van der Waals surface area (Å²) in [6.07, 6.45) is 2.02. The van der Waals surface area contributed by atoms with Crippen molar-refractivity contribution in [2.75, 3.05) is 25.6 Å². The van der Waals surface area contributed by atoms with Crippen molar-refractivity contribution in [2.45, 2.75) is 13.8 Å². The molecule has 1 aromatic heterocycles. The van der Waals surface area contributed by atoms with Gasteiger partial charge in [-0.3, -0.25) is 0 Å². The van der Waals surface area contributed by atoms with Gasteiger partial charge in [0.1, 0.15) is 6.20 Å². The van der Waals surface area contributed by atoms with Gasteiger partial charge in [-0.1, -0.05) is 0 Å². The van der Waals surface area contributed by atoms with Crippen LogP contribution in [0, 0.1) is 6.92 Å². The lowest BCUT2D eigenvalue weighted by molar-refractivity contribution is -0.680. The largest absolute Gasteiger partial charge is 0.500 e. The highest BCUT2D eigenvalue weighted by molar-refractivity contribution is 5.42. The van der Waals surface area contributed by atoms with E-state index in [9.17, 15) is 0 Å². The van der Waals surface area contributed by atoms with Crippen LogP contribution in [-0.2, 0) is 7.05 Å². The molecular formula is C10H18N3O+. The van der Waals surface area contributed by atoms with E-state index >= 15 is 0 Å². The predicted molar refractivity (Wildman–Crippen MR) is 55.6 cm³/mol. The lowest BCUT2D eigenvalue weighted by Gasteiger charge is -2.10. The summed E-state index contributed by atoms with van der Waals surface area (Å²) in [5.41, 5.74) is 1.14. The Bertz CT molecular complexity index is 323. The second kappa shape index (κ2) is 4.26. The summed E-state index contributed by atoms with van der Waals surface area (Å²) in [7, 11) is 5.89. The fourth-order valence-corrected chi connectivity index (χ4v) is 1.38. The molecule has 0 aliphatic heterocycles. The normalized spacial score (nSPS) is 10.1. The summed E-state index contributed by atoms with van der Waals surface area (Å²) in [6.45, 7) is 4.63. The highest BCUT2D eigenvalue weighted by Gasteiger charge is 2.17. The van der Waals surface area contributed by atoms with Crippen molar-refractivity contribution in [3.8, 4) is 6.01 Å². The first-order valence-electron chi connectivity index (χ1n) is 4.73. The molecule has 0 N–H and O–H groups in total. The molecule has 4 nitrogen and oxygen atoms in total. The third kappa shape index (κ3) is 2.13. The predicted octanol–water partition coefficient (Wildman–Crippen LogP) is 0.679. The molecule has 0 saturated carbocycles. The molecular weight excluding hydrogens is 178 g/mol. The third-order valence-electron chi connectivity index (χ3n) is 1.94. The molecule has 0 fully saturated rings. The lowest BCUT2D eigenvalue weighted by Crippen LogP contribution is -2.33. The summed E-state index contributed by atoms with van der Waals surface area (Å²) < 4.78 is 7.30. The van der Waals surface area contributed by atoms with Crippen molar-refractivity contribution < 1.29 is 9.30 Å². The zero-order valence-corrected chi connectivity index (χ0v) is 9.53. The van der Waals surface area contributed by atoms with Crippen LogP contribution in [0.25, 0.3) is 0 Å². The van der Waals surface area contributed by atoms with Crippen molar-refractivity contribution in [2.24, 2.45) is 7.05 Å². The summed E-state index contributed by atoms with van der Waals surface area (Å²) in [5, 5.41) is 0. The van der Waals surface area contributed by atoms with E-state index in [-0.39, 0.29) is 0 Å². The Morgan fingerprint density at radius 2 is 2.14 bits per heavy atom. The zero-order chi connectivity index (χ0) is 10.7. The standard InChI is InChI=1S/C10H18N3O/c1-6-14-10-11-9(12(3)4)8(2)7-13(10)5/h7H,6H2,1-5H3/q+1. The van der Waals surface area contributed by atoms with Gasteiger partial charge in [0.05, 0.1) is 19.2 Å². The van der Waals surface area contributed by atoms with E-state index in [0.717, 1.165) is 11.4 Å². The Morgan fingerprint density at radius 1 is 1.50 bits per heavy atom. The van der Waals surface area contributed by atoms with E-state index in [1.807, 2.05) is 50.7 Å². The Labute approximate surface area is 85.1 Å². The van der Waals surface area contributed by atoms with Gasteiger partial charge < -0.3 is 9.64 Å². The number of ether oxygens (including phenoxy) is 1. The summed E-state index contributed by atoms with van der Waals surface area (Å²) in [5.74, 6) is 0.951. The highest BCUT2D eigenvalue weighted by atomic mass is 16.5. The fraction of sp³-hybridized carbons (Fsp3) is 0.600. The molecule has 1 rings (SSSR count). The number of hydrogen-bond donors (Lipinski definition) is 0. The smallest absolute Gasteiger partial charge is 0.428 e. The second-order valence-corrected chi connectivity index (χ2v) is 3.47. The van der Waals surface area contributed by atoms with E-state index < -0.39 is 0 Å². The molecule has 0 saturated heterocycles. The van der Waals surface area contributed by atoms with Crippen molar-refractivity contribution in [1.82, 2.24) is 4.98 Å². The molecule has 0 aliphatic rings. The molecule has 1 heterocycles. The fourth-order valence-electron chi connectivity index (χ4n) is 1.38. The SMILES string of the molecule is CCOc1nc(N(C)C)c(C)c[n+]1C. The van der Waals surface area contributed by atoms with Crippen molar-refractivity contribution >= 4 is 5.82 Å². The maximum atomic E-state index is 5.41. The first-order valence-corrected chi connectivity index (χ1v) is 4.73. The number of hydrogen-bond acceptors (Lipinski definition) is 3. The number of rotatable bonds is 3. The van der Waals surface area contributed by atoms with Crippen LogP contribution in [0.5, 0.6) is 6.01 Å². The van der Waals surface area contributed by atoms with Crippen molar-refractivity contribution in [3.05, 3.63) is 11.8 Å². The summed E-state index contributed by atoms with van der Waals surface area (Å²) in [4.78, 5) is 6.41. The Balaban J connectivity index is 3.13. The van der Waals surface area contributed by atoms with Gasteiger partial charge in [0.15, 0.2) is 0 Å². The molecule has 0 atom stereocenters. The summed E-state index contributed by atoms with van der Waals surface area (Å²) >= 11 is 0. The monoisotopic (exact) mass is 196 g/mol. The van der Waals surface area contributed by atoms with Crippen LogP contribution in [0.2, 0.25) is 0 Å². The van der Waals surface area contributed by atoms with Gasteiger partial charge in [-0.25, -0.2) is 0 Å². The van der Waals surface area contributed by atoms with Gasteiger partial charge in [0.2, 0.25) is 0 Å². The average molecular weight is 196 g/mol. The molecule has 14 heavy (non-hydrogen) atoms. The van der Waals surface area contributed by atoms with E-state index in [2.05, 4.69) is 4.98 Å². The van der Waals surface area contributed by atoms with Crippen LogP contribution in [0.4, 0.5) is 5.82 Å². The lowest BCUT2D eigenvalue weighted by atomic mass is 10.3. The Kier molecular flexibility index (Phi) is 3.28. The second-order valence-electron chi connectivity index (χ2n) is 3.47. The molecule has 4 heteroatoms. The van der Waals surface area contributed by atoms with Gasteiger partial charge in [-0.15, -0.1) is 0 Å². The van der Waals surface area contributed by atoms with E-state index in [4.69, 9.17) is 4.74 Å². The van der Waals surface area contributed by atoms with Gasteiger partial charge >= 0.3 is 6.01 Å². The third-order valence-corrected chi connectivity index (χ3v) is 1.94. The number of anilines is 1. The first kappa shape index (κ1) is 10.8. The number of aromatic nitrogens is 2.